The smallest absolute Gasteiger partial charge is 0.305 e. The van der Waals surface area contributed by atoms with Crippen LogP contribution in [0.2, 0.25) is 0 Å². The van der Waals surface area contributed by atoms with Gasteiger partial charge in [0, 0.05) is 17.8 Å². The van der Waals surface area contributed by atoms with Crippen molar-refractivity contribution in [1.82, 2.24) is 0 Å². The van der Waals surface area contributed by atoms with Crippen LogP contribution in [-0.2, 0) is 14.3 Å². The first-order valence-corrected chi connectivity index (χ1v) is 6.11. The van der Waals surface area contributed by atoms with Crippen LogP contribution in [0.5, 0.6) is 0 Å². The summed E-state index contributed by atoms with van der Waals surface area (Å²) in [6.45, 7) is 11.9. The van der Waals surface area contributed by atoms with Crippen molar-refractivity contribution in [3.8, 4) is 0 Å². The third-order valence-electron chi connectivity index (χ3n) is 2.97. The molecular weight excluding hydrogens is 216 g/mol. The normalized spacial score (nSPS) is 14.3. The Kier molecular flexibility index (Phi) is 5.37. The summed E-state index contributed by atoms with van der Waals surface area (Å²) in [4.78, 5) is 23.5. The summed E-state index contributed by atoms with van der Waals surface area (Å²) in [6.07, 6.45) is 0.868. The summed E-state index contributed by atoms with van der Waals surface area (Å²) in [5.74, 6) is -0.142. The number of Topliss-reactive ketones (excluding diaryl/α,β-unsaturated/α-hetero) is 1. The highest BCUT2D eigenvalue weighted by molar-refractivity contribution is 5.87. The maximum Gasteiger partial charge on any atom is 0.305 e. The molecule has 0 aromatic rings. The van der Waals surface area contributed by atoms with Gasteiger partial charge in [-0.15, -0.1) is 0 Å². The van der Waals surface area contributed by atoms with Gasteiger partial charge in [0.2, 0.25) is 0 Å². The molecule has 0 saturated carbocycles. The van der Waals surface area contributed by atoms with Crippen molar-refractivity contribution >= 4 is 11.8 Å². The summed E-state index contributed by atoms with van der Waals surface area (Å²) >= 11 is 0. The fraction of sp³-hybridized carbons (Fsp3) is 0.857. The van der Waals surface area contributed by atoms with E-state index in [2.05, 4.69) is 4.74 Å². The Bertz CT molecular complexity index is 279. The lowest BCUT2D eigenvalue weighted by molar-refractivity contribution is -0.142. The van der Waals surface area contributed by atoms with E-state index < -0.39 is 0 Å². The molecular formula is C14H26O3. The molecule has 0 aliphatic carbocycles. The summed E-state index contributed by atoms with van der Waals surface area (Å²) in [5.41, 5.74) is -0.494. The van der Waals surface area contributed by atoms with Crippen LogP contribution in [0.1, 0.15) is 54.4 Å². The van der Waals surface area contributed by atoms with Gasteiger partial charge in [-0.25, -0.2) is 0 Å². The van der Waals surface area contributed by atoms with Crippen LogP contribution >= 0.6 is 0 Å². The Labute approximate surface area is 105 Å². The Morgan fingerprint density at radius 1 is 1.06 bits per heavy atom. The molecule has 0 bridgehead atoms. The monoisotopic (exact) mass is 242 g/mol. The summed E-state index contributed by atoms with van der Waals surface area (Å²) < 4.78 is 4.63. The molecule has 3 nitrogen and oxygen atoms in total. The minimum absolute atomic E-state index is 0.110. The van der Waals surface area contributed by atoms with E-state index in [1.807, 2.05) is 41.5 Å². The zero-order valence-electron chi connectivity index (χ0n) is 12.2. The lowest BCUT2D eigenvalue weighted by Crippen LogP contribution is -2.36. The number of methoxy groups -OCH3 is 1. The van der Waals surface area contributed by atoms with E-state index in [0.29, 0.717) is 12.8 Å². The largest absolute Gasteiger partial charge is 0.469 e. The minimum atomic E-state index is -0.367. The van der Waals surface area contributed by atoms with Crippen LogP contribution in [0.25, 0.3) is 0 Å². The quantitative estimate of drug-likeness (QED) is 0.711. The number of esters is 1. The van der Waals surface area contributed by atoms with Gasteiger partial charge < -0.3 is 4.74 Å². The minimum Gasteiger partial charge on any atom is -0.469 e. The van der Waals surface area contributed by atoms with Crippen LogP contribution in [0.3, 0.4) is 0 Å². The average molecular weight is 242 g/mol. The number of hydrogen-bond donors (Lipinski definition) is 0. The third kappa shape index (κ3) is 5.33. The van der Waals surface area contributed by atoms with Crippen LogP contribution < -0.4 is 0 Å². The van der Waals surface area contributed by atoms with Crippen molar-refractivity contribution < 1.29 is 14.3 Å². The van der Waals surface area contributed by atoms with Gasteiger partial charge in [0.1, 0.15) is 5.78 Å². The number of rotatable bonds is 4. The fourth-order valence-electron chi connectivity index (χ4n) is 1.84. The van der Waals surface area contributed by atoms with E-state index in [9.17, 15) is 9.59 Å². The predicted octanol–water partition coefficient (Wildman–Crippen LogP) is 3.22. The number of ketones is 1. The molecule has 100 valence electrons. The Morgan fingerprint density at radius 3 is 1.82 bits per heavy atom. The van der Waals surface area contributed by atoms with Crippen LogP contribution in [0, 0.1) is 16.7 Å². The highest BCUT2D eigenvalue weighted by atomic mass is 16.5. The fourth-order valence-corrected chi connectivity index (χ4v) is 1.84. The maximum atomic E-state index is 12.4. The van der Waals surface area contributed by atoms with E-state index in [1.54, 1.807) is 0 Å². The van der Waals surface area contributed by atoms with Crippen molar-refractivity contribution in [2.75, 3.05) is 7.11 Å². The molecule has 3 heteroatoms. The molecule has 0 radical (unpaired) electrons. The number of ether oxygens (including phenoxy) is 1. The molecule has 0 aliphatic rings. The Morgan fingerprint density at radius 2 is 1.53 bits per heavy atom. The van der Waals surface area contributed by atoms with Crippen molar-refractivity contribution in [2.45, 2.75) is 54.4 Å². The first-order valence-electron chi connectivity index (χ1n) is 6.11. The van der Waals surface area contributed by atoms with Crippen LogP contribution in [0.15, 0.2) is 0 Å². The van der Waals surface area contributed by atoms with Gasteiger partial charge in [-0.05, 0) is 11.8 Å². The van der Waals surface area contributed by atoms with E-state index in [1.165, 1.54) is 7.11 Å². The average Bonchev–Trinajstić information content (AvgIpc) is 2.13. The molecule has 0 amide bonds. The molecule has 1 unspecified atom stereocenters. The lowest BCUT2D eigenvalue weighted by atomic mass is 9.69. The standard InChI is InChI=1S/C14H26O3/c1-13(2,3)10(8-9-11(15)17-7)12(16)14(4,5)6/h10H,8-9H2,1-7H3. The van der Waals surface area contributed by atoms with E-state index in [0.717, 1.165) is 0 Å². The first-order chi connectivity index (χ1) is 7.50. The second kappa shape index (κ2) is 5.65. The number of hydrogen-bond acceptors (Lipinski definition) is 3. The molecule has 0 saturated heterocycles. The molecule has 0 fully saturated rings. The highest BCUT2D eigenvalue weighted by Gasteiger charge is 2.37. The van der Waals surface area contributed by atoms with Gasteiger partial charge in [-0.2, -0.15) is 0 Å². The van der Waals surface area contributed by atoms with Gasteiger partial charge in [0.25, 0.3) is 0 Å². The summed E-state index contributed by atoms with van der Waals surface area (Å²) in [6, 6.07) is 0. The van der Waals surface area contributed by atoms with Gasteiger partial charge >= 0.3 is 5.97 Å². The predicted molar refractivity (Wildman–Crippen MR) is 68.7 cm³/mol. The molecule has 1 atom stereocenters. The van der Waals surface area contributed by atoms with Crippen molar-refractivity contribution in [2.24, 2.45) is 16.7 Å². The SMILES string of the molecule is COC(=O)CCC(C(=O)C(C)(C)C)C(C)(C)C. The molecule has 17 heavy (non-hydrogen) atoms. The van der Waals surface area contributed by atoms with Crippen molar-refractivity contribution in [3.05, 3.63) is 0 Å². The topological polar surface area (TPSA) is 43.4 Å². The van der Waals surface area contributed by atoms with E-state index in [-0.39, 0.29) is 28.5 Å². The molecule has 0 spiro atoms. The van der Waals surface area contributed by atoms with E-state index in [4.69, 9.17) is 0 Å². The summed E-state index contributed by atoms with van der Waals surface area (Å²) in [7, 11) is 1.38. The second-order valence-corrected chi connectivity index (χ2v) is 6.65. The van der Waals surface area contributed by atoms with Gasteiger partial charge in [0.15, 0.2) is 0 Å². The Balaban J connectivity index is 4.80. The highest BCUT2D eigenvalue weighted by Crippen LogP contribution is 2.36. The van der Waals surface area contributed by atoms with Crippen LogP contribution in [0.4, 0.5) is 0 Å². The molecule has 0 aromatic heterocycles. The molecule has 0 N–H and O–H groups in total. The second-order valence-electron chi connectivity index (χ2n) is 6.65. The number of carbonyl (C=O) groups excluding carboxylic acids is 2. The molecule has 0 heterocycles. The zero-order chi connectivity index (χ0) is 13.9. The molecule has 0 aromatic carbocycles. The van der Waals surface area contributed by atoms with Crippen molar-refractivity contribution in [3.63, 3.8) is 0 Å². The Hall–Kier alpha value is -0.860. The van der Waals surface area contributed by atoms with Gasteiger partial charge in [-0.1, -0.05) is 41.5 Å². The van der Waals surface area contributed by atoms with Gasteiger partial charge in [0.05, 0.1) is 7.11 Å². The molecule has 0 aliphatic heterocycles. The van der Waals surface area contributed by atoms with Crippen molar-refractivity contribution in [1.29, 1.82) is 0 Å². The molecule has 0 rings (SSSR count). The van der Waals surface area contributed by atoms with Crippen LogP contribution in [-0.4, -0.2) is 18.9 Å². The summed E-state index contributed by atoms with van der Waals surface area (Å²) in [5, 5.41) is 0. The number of carbonyl (C=O) groups is 2. The van der Waals surface area contributed by atoms with Gasteiger partial charge in [-0.3, -0.25) is 9.59 Å². The lowest BCUT2D eigenvalue weighted by Gasteiger charge is -2.34. The first kappa shape index (κ1) is 16.1. The zero-order valence-corrected chi connectivity index (χ0v) is 12.2. The van der Waals surface area contributed by atoms with E-state index >= 15 is 0 Å². The third-order valence-corrected chi connectivity index (χ3v) is 2.97. The maximum absolute atomic E-state index is 12.4.